The lowest BCUT2D eigenvalue weighted by Gasteiger charge is -2.15. The van der Waals surface area contributed by atoms with Crippen molar-refractivity contribution in [3.8, 4) is 0 Å². The topological polar surface area (TPSA) is 72.2 Å². The summed E-state index contributed by atoms with van der Waals surface area (Å²) in [6, 6.07) is 6.99. The highest BCUT2D eigenvalue weighted by atomic mass is 79.9. The fourth-order valence-corrected chi connectivity index (χ4v) is 2.20. The van der Waals surface area contributed by atoms with Crippen LogP contribution in [0.2, 0.25) is 0 Å². The van der Waals surface area contributed by atoms with Gasteiger partial charge in [-0.2, -0.15) is 0 Å². The number of carbonyl (C=O) groups is 2. The average Bonchev–Trinajstić information content (AvgIpc) is 3.11. The molecule has 1 saturated carbocycles. The van der Waals surface area contributed by atoms with Crippen molar-refractivity contribution in [2.45, 2.75) is 25.3 Å². The van der Waals surface area contributed by atoms with Crippen molar-refractivity contribution in [1.29, 1.82) is 0 Å². The van der Waals surface area contributed by atoms with Crippen molar-refractivity contribution >= 4 is 27.7 Å². The van der Waals surface area contributed by atoms with Crippen LogP contribution in [0.25, 0.3) is 0 Å². The zero-order valence-electron chi connectivity index (χ0n) is 9.86. The summed E-state index contributed by atoms with van der Waals surface area (Å²) in [5.74, 6) is -0.480. The Hall–Kier alpha value is -1.36. The highest BCUT2D eigenvalue weighted by molar-refractivity contribution is 9.10. The lowest BCUT2D eigenvalue weighted by molar-refractivity contribution is -0.128. The average molecular weight is 311 g/mol. The predicted octanol–water partition coefficient (Wildman–Crippen LogP) is 1.37. The number of amides is 2. The molecule has 0 radical (unpaired) electrons. The summed E-state index contributed by atoms with van der Waals surface area (Å²) in [5.41, 5.74) is 6.29. The van der Waals surface area contributed by atoms with Gasteiger partial charge in [0.1, 0.15) is 6.04 Å². The summed E-state index contributed by atoms with van der Waals surface area (Å²) in [6.45, 7) is 0. The zero-order chi connectivity index (χ0) is 13.1. The second-order valence-corrected chi connectivity index (χ2v) is 5.49. The molecule has 0 saturated heterocycles. The van der Waals surface area contributed by atoms with Gasteiger partial charge in [-0.05, 0) is 30.5 Å². The van der Waals surface area contributed by atoms with Crippen LogP contribution in [0.1, 0.15) is 18.4 Å². The number of rotatable bonds is 5. The molecule has 0 aromatic heterocycles. The number of primary amides is 1. The van der Waals surface area contributed by atoms with Crippen LogP contribution in [-0.2, 0) is 16.0 Å². The molecule has 0 aliphatic heterocycles. The van der Waals surface area contributed by atoms with Crippen molar-refractivity contribution in [1.82, 2.24) is 5.32 Å². The van der Waals surface area contributed by atoms with Crippen LogP contribution in [0.15, 0.2) is 28.7 Å². The molecule has 2 rings (SSSR count). The van der Waals surface area contributed by atoms with Crippen molar-refractivity contribution in [3.63, 3.8) is 0 Å². The van der Waals surface area contributed by atoms with Gasteiger partial charge in [0.15, 0.2) is 0 Å². The van der Waals surface area contributed by atoms with E-state index >= 15 is 0 Å². The molecule has 1 aromatic rings. The second kappa shape index (κ2) is 5.52. The molecular formula is C13H15BrN2O2. The molecule has 0 spiro atoms. The van der Waals surface area contributed by atoms with Gasteiger partial charge in [0.25, 0.3) is 0 Å². The van der Waals surface area contributed by atoms with Crippen molar-refractivity contribution in [3.05, 3.63) is 34.3 Å². The molecule has 3 N–H and O–H groups in total. The molecular weight excluding hydrogens is 296 g/mol. The normalized spacial score (nSPS) is 16.1. The number of carbonyl (C=O) groups excluding carboxylic acids is 2. The van der Waals surface area contributed by atoms with E-state index in [1.807, 2.05) is 24.3 Å². The minimum atomic E-state index is -0.632. The minimum absolute atomic E-state index is 0.0613. The standard InChI is InChI=1S/C13H15BrN2O2/c14-10-3-1-2-8(6-10)7-11(12(15)17)16-13(18)9-4-5-9/h1-3,6,9,11H,4-5,7H2,(H2,15,17)(H,16,18)/t11-/m1/s1. The molecule has 1 atom stereocenters. The van der Waals surface area contributed by atoms with E-state index in [-0.39, 0.29) is 11.8 Å². The highest BCUT2D eigenvalue weighted by Gasteiger charge is 2.32. The summed E-state index contributed by atoms with van der Waals surface area (Å²) in [4.78, 5) is 23.0. The third kappa shape index (κ3) is 3.57. The van der Waals surface area contributed by atoms with E-state index in [1.54, 1.807) is 0 Å². The molecule has 0 bridgehead atoms. The maximum Gasteiger partial charge on any atom is 0.240 e. The Morgan fingerprint density at radius 2 is 2.17 bits per heavy atom. The third-order valence-electron chi connectivity index (χ3n) is 2.94. The molecule has 1 fully saturated rings. The van der Waals surface area contributed by atoms with Gasteiger partial charge in [-0.25, -0.2) is 0 Å². The Balaban J connectivity index is 2.01. The summed E-state index contributed by atoms with van der Waals surface area (Å²) in [7, 11) is 0. The molecule has 0 heterocycles. The molecule has 4 nitrogen and oxygen atoms in total. The molecule has 0 unspecified atom stereocenters. The van der Waals surface area contributed by atoms with Crippen LogP contribution in [0.5, 0.6) is 0 Å². The predicted molar refractivity (Wildman–Crippen MR) is 71.7 cm³/mol. The van der Waals surface area contributed by atoms with Gasteiger partial charge in [-0.15, -0.1) is 0 Å². The van der Waals surface area contributed by atoms with Crippen molar-refractivity contribution < 1.29 is 9.59 Å². The van der Waals surface area contributed by atoms with Crippen LogP contribution in [-0.4, -0.2) is 17.9 Å². The number of halogens is 1. The number of benzene rings is 1. The largest absolute Gasteiger partial charge is 0.368 e. The Bertz CT molecular complexity index is 472. The molecule has 1 aliphatic rings. The van der Waals surface area contributed by atoms with E-state index < -0.39 is 11.9 Å². The first-order valence-electron chi connectivity index (χ1n) is 5.90. The van der Waals surface area contributed by atoms with Gasteiger partial charge in [-0.1, -0.05) is 28.1 Å². The second-order valence-electron chi connectivity index (χ2n) is 4.57. The van der Waals surface area contributed by atoms with Crippen LogP contribution < -0.4 is 11.1 Å². The lowest BCUT2D eigenvalue weighted by Crippen LogP contribution is -2.46. The number of nitrogens with two attached hydrogens (primary N) is 1. The molecule has 96 valence electrons. The molecule has 1 aliphatic carbocycles. The highest BCUT2D eigenvalue weighted by Crippen LogP contribution is 2.29. The molecule has 18 heavy (non-hydrogen) atoms. The van der Waals surface area contributed by atoms with E-state index in [0.717, 1.165) is 22.9 Å². The van der Waals surface area contributed by atoms with Crippen LogP contribution in [0.4, 0.5) is 0 Å². The third-order valence-corrected chi connectivity index (χ3v) is 3.43. The molecule has 2 amide bonds. The quantitative estimate of drug-likeness (QED) is 0.862. The minimum Gasteiger partial charge on any atom is -0.368 e. The van der Waals surface area contributed by atoms with E-state index in [0.29, 0.717) is 6.42 Å². The van der Waals surface area contributed by atoms with Gasteiger partial charge in [0, 0.05) is 16.8 Å². The zero-order valence-corrected chi connectivity index (χ0v) is 11.4. The summed E-state index contributed by atoms with van der Waals surface area (Å²) in [6.07, 6.45) is 2.25. The SMILES string of the molecule is NC(=O)[C@@H](Cc1cccc(Br)c1)NC(=O)C1CC1. The number of nitrogens with one attached hydrogen (secondary N) is 1. The smallest absolute Gasteiger partial charge is 0.240 e. The Morgan fingerprint density at radius 3 is 2.72 bits per heavy atom. The van der Waals surface area contributed by atoms with E-state index in [2.05, 4.69) is 21.2 Å². The molecule has 1 aromatic carbocycles. The van der Waals surface area contributed by atoms with Gasteiger partial charge in [0.2, 0.25) is 11.8 Å². The van der Waals surface area contributed by atoms with Crippen LogP contribution in [0.3, 0.4) is 0 Å². The molecule has 5 heteroatoms. The van der Waals surface area contributed by atoms with E-state index in [4.69, 9.17) is 5.73 Å². The Kier molecular flexibility index (Phi) is 4.01. The lowest BCUT2D eigenvalue weighted by atomic mass is 10.1. The van der Waals surface area contributed by atoms with Crippen LogP contribution >= 0.6 is 15.9 Å². The Labute approximate surface area is 114 Å². The van der Waals surface area contributed by atoms with E-state index in [9.17, 15) is 9.59 Å². The monoisotopic (exact) mass is 310 g/mol. The maximum atomic E-state index is 11.6. The summed E-state index contributed by atoms with van der Waals surface area (Å²) >= 11 is 3.37. The van der Waals surface area contributed by atoms with Gasteiger partial charge >= 0.3 is 0 Å². The first-order valence-corrected chi connectivity index (χ1v) is 6.69. The Morgan fingerprint density at radius 1 is 1.44 bits per heavy atom. The summed E-state index contributed by atoms with van der Waals surface area (Å²) < 4.78 is 0.941. The van der Waals surface area contributed by atoms with Gasteiger partial charge < -0.3 is 11.1 Å². The van der Waals surface area contributed by atoms with E-state index in [1.165, 1.54) is 0 Å². The van der Waals surface area contributed by atoms with Crippen LogP contribution in [0, 0.1) is 5.92 Å². The van der Waals surface area contributed by atoms with Gasteiger partial charge in [-0.3, -0.25) is 9.59 Å². The fourth-order valence-electron chi connectivity index (χ4n) is 1.76. The maximum absolute atomic E-state index is 11.6. The van der Waals surface area contributed by atoms with Crippen molar-refractivity contribution in [2.24, 2.45) is 11.7 Å². The first kappa shape index (κ1) is 13.1. The fraction of sp³-hybridized carbons (Fsp3) is 0.385. The summed E-state index contributed by atoms with van der Waals surface area (Å²) in [5, 5.41) is 2.72. The number of hydrogen-bond donors (Lipinski definition) is 2. The number of hydrogen-bond acceptors (Lipinski definition) is 2. The van der Waals surface area contributed by atoms with Crippen molar-refractivity contribution in [2.75, 3.05) is 0 Å². The van der Waals surface area contributed by atoms with Gasteiger partial charge in [0.05, 0.1) is 0 Å². The first-order chi connectivity index (χ1) is 8.56.